The number of nitrogens with zero attached hydrogens (tertiary/aromatic N) is 1. The summed E-state index contributed by atoms with van der Waals surface area (Å²) in [6, 6.07) is 5.14. The van der Waals surface area contributed by atoms with Crippen LogP contribution in [0.15, 0.2) is 35.5 Å². The Hall–Kier alpha value is -2.56. The molecule has 1 aromatic rings. The van der Waals surface area contributed by atoms with Gasteiger partial charge in [-0.1, -0.05) is 23.7 Å². The number of aliphatic hydroxyl groups is 1. The molecular weight excluding hydrogens is 424 g/mol. The number of carbonyl (C=O) groups is 4. The van der Waals surface area contributed by atoms with E-state index in [1.807, 2.05) is 0 Å². The molecule has 3 N–H and O–H groups in total. The number of carbonyl (C=O) groups excluding carboxylic acids is 3. The van der Waals surface area contributed by atoms with Gasteiger partial charge >= 0.3 is 11.9 Å². The molecule has 11 heteroatoms. The van der Waals surface area contributed by atoms with Crippen LogP contribution in [0.4, 0.5) is 0 Å². The Labute approximate surface area is 174 Å². The van der Waals surface area contributed by atoms with Crippen molar-refractivity contribution < 1.29 is 34.1 Å². The van der Waals surface area contributed by atoms with Crippen LogP contribution < -0.4 is 5.32 Å². The summed E-state index contributed by atoms with van der Waals surface area (Å²) >= 11 is 7.09. The van der Waals surface area contributed by atoms with Gasteiger partial charge in [0, 0.05) is 23.3 Å². The van der Waals surface area contributed by atoms with Gasteiger partial charge in [0.2, 0.25) is 0 Å². The Morgan fingerprint density at radius 1 is 1.41 bits per heavy atom. The van der Waals surface area contributed by atoms with Gasteiger partial charge in [0.1, 0.15) is 23.7 Å². The van der Waals surface area contributed by atoms with Gasteiger partial charge in [-0.05, 0) is 17.7 Å². The zero-order valence-corrected chi connectivity index (χ0v) is 16.7. The summed E-state index contributed by atoms with van der Waals surface area (Å²) in [7, 11) is 0. The molecular formula is C18H17ClN2O7S. The number of benzene rings is 1. The van der Waals surface area contributed by atoms with Crippen molar-refractivity contribution in [2.45, 2.75) is 24.4 Å². The Balaban J connectivity index is 1.72. The van der Waals surface area contributed by atoms with E-state index in [0.717, 1.165) is 4.90 Å². The van der Waals surface area contributed by atoms with Crippen molar-refractivity contribution in [3.63, 3.8) is 0 Å². The number of aliphatic hydroxyl groups excluding tert-OH is 1. The minimum Gasteiger partial charge on any atom is -0.477 e. The van der Waals surface area contributed by atoms with Gasteiger partial charge in [-0.3, -0.25) is 19.3 Å². The lowest BCUT2D eigenvalue weighted by atomic mass is 10.0. The van der Waals surface area contributed by atoms with E-state index in [1.165, 1.54) is 30.8 Å². The highest BCUT2D eigenvalue weighted by Crippen LogP contribution is 2.40. The van der Waals surface area contributed by atoms with E-state index in [1.54, 1.807) is 12.1 Å². The molecule has 0 radical (unpaired) electrons. The third-order valence-corrected chi connectivity index (χ3v) is 5.98. The maximum atomic E-state index is 12.5. The average molecular weight is 441 g/mol. The van der Waals surface area contributed by atoms with Gasteiger partial charge in [-0.15, -0.1) is 11.8 Å². The van der Waals surface area contributed by atoms with E-state index in [2.05, 4.69) is 5.32 Å². The van der Waals surface area contributed by atoms with Gasteiger partial charge in [0.25, 0.3) is 11.8 Å². The third-order valence-electron chi connectivity index (χ3n) is 4.41. The van der Waals surface area contributed by atoms with Crippen molar-refractivity contribution in [3.05, 3.63) is 46.1 Å². The van der Waals surface area contributed by atoms with E-state index in [4.69, 9.17) is 16.3 Å². The number of nitrogens with one attached hydrogen (secondary N) is 1. The summed E-state index contributed by atoms with van der Waals surface area (Å²) in [5, 5.41) is 21.9. The SMILES string of the molecule is CC(=O)OCC1=C(C(=O)O)N2C(=O)[C@H](NC(=O)C(O)c3cccc(Cl)c3)[C@H]2SC1. The molecule has 1 aromatic carbocycles. The van der Waals surface area contributed by atoms with E-state index in [9.17, 15) is 29.4 Å². The van der Waals surface area contributed by atoms with Crippen molar-refractivity contribution in [2.75, 3.05) is 12.4 Å². The number of aliphatic carboxylic acids is 1. The fourth-order valence-corrected chi connectivity index (χ4v) is 4.57. The fourth-order valence-electron chi connectivity index (χ4n) is 3.04. The van der Waals surface area contributed by atoms with E-state index in [-0.39, 0.29) is 23.6 Å². The molecule has 0 spiro atoms. The van der Waals surface area contributed by atoms with Crippen LogP contribution in [0.3, 0.4) is 0 Å². The highest BCUT2D eigenvalue weighted by Gasteiger charge is 2.54. The lowest BCUT2D eigenvalue weighted by Gasteiger charge is -2.49. The molecule has 9 nitrogen and oxygen atoms in total. The fraction of sp³-hybridized carbons (Fsp3) is 0.333. The van der Waals surface area contributed by atoms with Crippen LogP contribution in [-0.2, 0) is 23.9 Å². The largest absolute Gasteiger partial charge is 0.477 e. The zero-order chi connectivity index (χ0) is 21.3. The Kier molecular flexibility index (Phi) is 6.15. The number of carboxylic acid groups (broad SMARTS) is 1. The standard InChI is InChI=1S/C18H17ClN2O7S/c1-8(22)28-6-10-7-29-17-12(16(25)21(17)13(10)18(26)27)20-15(24)14(23)9-3-2-4-11(19)5-9/h2-5,12,14,17,23H,6-7H2,1H3,(H,20,24)(H,26,27)/t12-,14?,17+/m0/s1. The topological polar surface area (TPSA) is 133 Å². The molecule has 154 valence electrons. The number of fused-ring (bicyclic) bond motifs is 1. The summed E-state index contributed by atoms with van der Waals surface area (Å²) in [6.07, 6.45) is -1.53. The summed E-state index contributed by atoms with van der Waals surface area (Å²) in [4.78, 5) is 48.6. The number of rotatable bonds is 6. The number of hydrogen-bond donors (Lipinski definition) is 3. The molecule has 2 amide bonds. The summed E-state index contributed by atoms with van der Waals surface area (Å²) in [5.74, 6) is -3.09. The van der Waals surface area contributed by atoms with Crippen LogP contribution in [0.1, 0.15) is 18.6 Å². The molecule has 2 heterocycles. The highest BCUT2D eigenvalue weighted by atomic mass is 35.5. The van der Waals surface area contributed by atoms with Crippen LogP contribution in [0.2, 0.25) is 5.02 Å². The molecule has 0 aromatic heterocycles. The highest BCUT2D eigenvalue weighted by molar-refractivity contribution is 8.00. The molecule has 1 unspecified atom stereocenters. The lowest BCUT2D eigenvalue weighted by molar-refractivity contribution is -0.152. The predicted molar refractivity (Wildman–Crippen MR) is 103 cm³/mol. The first kappa shape index (κ1) is 21.2. The molecule has 2 aliphatic heterocycles. The molecule has 0 bridgehead atoms. The van der Waals surface area contributed by atoms with Gasteiger partial charge < -0.3 is 20.3 Å². The van der Waals surface area contributed by atoms with E-state index >= 15 is 0 Å². The first-order valence-electron chi connectivity index (χ1n) is 8.48. The van der Waals surface area contributed by atoms with Crippen LogP contribution in [0.5, 0.6) is 0 Å². The molecule has 2 aliphatic rings. The molecule has 3 rings (SSSR count). The van der Waals surface area contributed by atoms with Crippen molar-refractivity contribution >= 4 is 47.1 Å². The molecule has 1 saturated heterocycles. The van der Waals surface area contributed by atoms with Crippen LogP contribution in [0, 0.1) is 0 Å². The van der Waals surface area contributed by atoms with Crippen LogP contribution in [0.25, 0.3) is 0 Å². The second kappa shape index (κ2) is 8.44. The second-order valence-corrected chi connectivity index (χ2v) is 7.93. The van der Waals surface area contributed by atoms with Gasteiger partial charge in [0.05, 0.1) is 0 Å². The van der Waals surface area contributed by atoms with Crippen molar-refractivity contribution in [1.82, 2.24) is 10.2 Å². The molecule has 0 aliphatic carbocycles. The van der Waals surface area contributed by atoms with Crippen LogP contribution >= 0.6 is 23.4 Å². The first-order chi connectivity index (χ1) is 13.7. The van der Waals surface area contributed by atoms with Crippen LogP contribution in [-0.4, -0.2) is 62.6 Å². The first-order valence-corrected chi connectivity index (χ1v) is 9.90. The van der Waals surface area contributed by atoms with Gasteiger partial charge in [0.15, 0.2) is 6.10 Å². The summed E-state index contributed by atoms with van der Waals surface area (Å²) in [6.45, 7) is 0.969. The molecule has 29 heavy (non-hydrogen) atoms. The summed E-state index contributed by atoms with van der Waals surface area (Å²) < 4.78 is 4.86. The van der Waals surface area contributed by atoms with Crippen molar-refractivity contribution in [1.29, 1.82) is 0 Å². The Morgan fingerprint density at radius 2 is 2.14 bits per heavy atom. The summed E-state index contributed by atoms with van der Waals surface area (Å²) in [5.41, 5.74) is 0.316. The minimum absolute atomic E-state index is 0.215. The number of hydrogen-bond acceptors (Lipinski definition) is 7. The average Bonchev–Trinajstić information content (AvgIpc) is 2.68. The number of halogens is 1. The Morgan fingerprint density at radius 3 is 2.76 bits per heavy atom. The smallest absolute Gasteiger partial charge is 0.352 e. The number of esters is 1. The maximum absolute atomic E-state index is 12.5. The third kappa shape index (κ3) is 4.24. The normalized spacial score (nSPS) is 21.8. The molecule has 3 atom stereocenters. The minimum atomic E-state index is -1.53. The lowest BCUT2D eigenvalue weighted by Crippen LogP contribution is -2.71. The number of amides is 2. The number of carboxylic acids is 1. The predicted octanol–water partition coefficient (Wildman–Crippen LogP) is 0.675. The van der Waals surface area contributed by atoms with E-state index < -0.39 is 41.3 Å². The van der Waals surface area contributed by atoms with E-state index in [0.29, 0.717) is 10.6 Å². The Bertz CT molecular complexity index is 919. The molecule has 1 fully saturated rings. The maximum Gasteiger partial charge on any atom is 0.352 e. The van der Waals surface area contributed by atoms with Gasteiger partial charge in [-0.25, -0.2) is 4.79 Å². The molecule has 0 saturated carbocycles. The zero-order valence-electron chi connectivity index (χ0n) is 15.1. The monoisotopic (exact) mass is 440 g/mol. The van der Waals surface area contributed by atoms with Crippen molar-refractivity contribution in [3.8, 4) is 0 Å². The number of thioether (sulfide) groups is 1. The quantitative estimate of drug-likeness (QED) is 0.434. The number of β-lactam (4-membered cyclic amide) rings is 1. The number of ether oxygens (including phenoxy) is 1. The van der Waals surface area contributed by atoms with Crippen molar-refractivity contribution in [2.24, 2.45) is 0 Å². The second-order valence-electron chi connectivity index (χ2n) is 6.39. The van der Waals surface area contributed by atoms with Gasteiger partial charge in [-0.2, -0.15) is 0 Å².